The maximum atomic E-state index is 11.2. The van der Waals surface area contributed by atoms with E-state index in [2.05, 4.69) is 12.6 Å². The monoisotopic (exact) mass is 276 g/mol. The molecule has 2 aromatic rings. The third-order valence-electron chi connectivity index (χ3n) is 2.29. The standard InChI is InChI=1S/C13H12N2OS2/c14-9-1-3-11(4-2-9)18-12-6-8(13(15)16)5-10(17)7-12/h1-7,17H,14H2,(H2,15,16). The highest BCUT2D eigenvalue weighted by Crippen LogP contribution is 2.30. The minimum Gasteiger partial charge on any atom is -0.399 e. The third kappa shape index (κ3) is 3.21. The van der Waals surface area contributed by atoms with Crippen LogP contribution in [0.4, 0.5) is 5.69 Å². The van der Waals surface area contributed by atoms with Crippen LogP contribution in [-0.2, 0) is 0 Å². The topological polar surface area (TPSA) is 69.1 Å². The molecule has 0 radical (unpaired) electrons. The van der Waals surface area contributed by atoms with Crippen molar-refractivity contribution in [1.29, 1.82) is 0 Å². The summed E-state index contributed by atoms with van der Waals surface area (Å²) in [5, 5.41) is 0. The molecule has 0 fully saturated rings. The van der Waals surface area contributed by atoms with E-state index in [9.17, 15) is 4.79 Å². The van der Waals surface area contributed by atoms with Gasteiger partial charge in [0.1, 0.15) is 0 Å². The predicted molar refractivity (Wildman–Crippen MR) is 77.2 cm³/mol. The molecule has 0 heterocycles. The Morgan fingerprint density at radius 3 is 2.33 bits per heavy atom. The van der Waals surface area contributed by atoms with E-state index in [4.69, 9.17) is 11.5 Å². The molecule has 4 N–H and O–H groups in total. The van der Waals surface area contributed by atoms with Gasteiger partial charge in [0.15, 0.2) is 0 Å². The van der Waals surface area contributed by atoms with E-state index in [-0.39, 0.29) is 0 Å². The van der Waals surface area contributed by atoms with Crippen molar-refractivity contribution >= 4 is 36.0 Å². The Morgan fingerprint density at radius 2 is 1.72 bits per heavy atom. The lowest BCUT2D eigenvalue weighted by molar-refractivity contribution is 0.1000. The van der Waals surface area contributed by atoms with E-state index >= 15 is 0 Å². The highest BCUT2D eigenvalue weighted by molar-refractivity contribution is 7.99. The van der Waals surface area contributed by atoms with Gasteiger partial charge in [-0.1, -0.05) is 11.8 Å². The van der Waals surface area contributed by atoms with Gasteiger partial charge in [0.05, 0.1) is 0 Å². The summed E-state index contributed by atoms with van der Waals surface area (Å²) in [7, 11) is 0. The van der Waals surface area contributed by atoms with Gasteiger partial charge in [0.2, 0.25) is 5.91 Å². The Labute approximate surface area is 115 Å². The third-order valence-corrected chi connectivity index (χ3v) is 3.53. The van der Waals surface area contributed by atoms with Crippen LogP contribution in [0, 0.1) is 0 Å². The Balaban J connectivity index is 2.28. The molecule has 0 unspecified atom stereocenters. The Bertz CT molecular complexity index is 582. The fraction of sp³-hybridized carbons (Fsp3) is 0. The second kappa shape index (κ2) is 5.37. The van der Waals surface area contributed by atoms with Gasteiger partial charge in [-0.15, -0.1) is 12.6 Å². The molecule has 0 atom stereocenters. The van der Waals surface area contributed by atoms with Crippen molar-refractivity contribution in [3.63, 3.8) is 0 Å². The molecule has 0 saturated carbocycles. The van der Waals surface area contributed by atoms with Gasteiger partial charge in [0.25, 0.3) is 0 Å². The summed E-state index contributed by atoms with van der Waals surface area (Å²) in [6, 6.07) is 12.8. The van der Waals surface area contributed by atoms with Crippen LogP contribution < -0.4 is 11.5 Å². The van der Waals surface area contributed by atoms with Crippen molar-refractivity contribution in [3.05, 3.63) is 48.0 Å². The molecule has 0 aliphatic rings. The molecule has 0 bridgehead atoms. The number of amides is 1. The average molecular weight is 276 g/mol. The van der Waals surface area contributed by atoms with Gasteiger partial charge in [-0.2, -0.15) is 0 Å². The molecule has 1 amide bonds. The first-order valence-electron chi connectivity index (χ1n) is 5.22. The number of hydrogen-bond donors (Lipinski definition) is 3. The van der Waals surface area contributed by atoms with Crippen LogP contribution in [0.15, 0.2) is 57.2 Å². The van der Waals surface area contributed by atoms with Crippen LogP contribution in [0.5, 0.6) is 0 Å². The van der Waals surface area contributed by atoms with E-state index in [0.717, 1.165) is 15.5 Å². The van der Waals surface area contributed by atoms with E-state index < -0.39 is 5.91 Å². The number of nitrogen functional groups attached to an aromatic ring is 1. The van der Waals surface area contributed by atoms with Gasteiger partial charge in [0, 0.05) is 25.9 Å². The van der Waals surface area contributed by atoms with Crippen LogP contribution in [0.25, 0.3) is 0 Å². The SMILES string of the molecule is NC(=O)c1cc(S)cc(Sc2ccc(N)cc2)c1. The van der Waals surface area contributed by atoms with Crippen LogP contribution in [0.1, 0.15) is 10.4 Å². The van der Waals surface area contributed by atoms with Gasteiger partial charge in [-0.3, -0.25) is 4.79 Å². The number of primary amides is 1. The first-order valence-corrected chi connectivity index (χ1v) is 6.48. The minimum atomic E-state index is -0.454. The van der Waals surface area contributed by atoms with Gasteiger partial charge >= 0.3 is 0 Å². The molecule has 0 spiro atoms. The number of carbonyl (C=O) groups excluding carboxylic acids is 1. The molecule has 0 saturated heterocycles. The molecular weight excluding hydrogens is 264 g/mol. The number of carbonyl (C=O) groups is 1. The highest BCUT2D eigenvalue weighted by Gasteiger charge is 2.05. The van der Waals surface area contributed by atoms with Crippen LogP contribution >= 0.6 is 24.4 Å². The summed E-state index contributed by atoms with van der Waals surface area (Å²) in [6.07, 6.45) is 0. The largest absolute Gasteiger partial charge is 0.399 e. The zero-order chi connectivity index (χ0) is 13.1. The Morgan fingerprint density at radius 1 is 1.06 bits per heavy atom. The average Bonchev–Trinajstić information content (AvgIpc) is 2.31. The first-order chi connectivity index (χ1) is 8.54. The van der Waals surface area contributed by atoms with Crippen molar-refractivity contribution < 1.29 is 4.79 Å². The zero-order valence-electron chi connectivity index (χ0n) is 9.46. The van der Waals surface area contributed by atoms with E-state index in [1.165, 1.54) is 11.8 Å². The lowest BCUT2D eigenvalue weighted by atomic mass is 10.2. The quantitative estimate of drug-likeness (QED) is 0.596. The van der Waals surface area contributed by atoms with E-state index in [0.29, 0.717) is 10.5 Å². The van der Waals surface area contributed by atoms with Crippen molar-refractivity contribution in [2.75, 3.05) is 5.73 Å². The molecular formula is C13H12N2OS2. The molecule has 0 aromatic heterocycles. The molecule has 2 rings (SSSR count). The van der Waals surface area contributed by atoms with Crippen molar-refractivity contribution in [1.82, 2.24) is 0 Å². The Hall–Kier alpha value is -1.59. The minimum absolute atomic E-state index is 0.454. The smallest absolute Gasteiger partial charge is 0.248 e. The molecule has 18 heavy (non-hydrogen) atoms. The van der Waals surface area contributed by atoms with E-state index in [1.54, 1.807) is 12.1 Å². The molecule has 5 heteroatoms. The normalized spacial score (nSPS) is 10.3. The lowest BCUT2D eigenvalue weighted by Crippen LogP contribution is -2.10. The molecule has 0 aliphatic heterocycles. The predicted octanol–water partition coefficient (Wildman–Crippen LogP) is 2.81. The second-order valence-electron chi connectivity index (χ2n) is 3.75. The van der Waals surface area contributed by atoms with Crippen molar-refractivity contribution in [2.45, 2.75) is 14.7 Å². The molecule has 92 valence electrons. The van der Waals surface area contributed by atoms with E-state index in [1.807, 2.05) is 30.3 Å². The summed E-state index contributed by atoms with van der Waals surface area (Å²) < 4.78 is 0. The Kier molecular flexibility index (Phi) is 3.84. The maximum Gasteiger partial charge on any atom is 0.248 e. The van der Waals surface area contributed by atoms with Gasteiger partial charge in [-0.05, 0) is 42.5 Å². The van der Waals surface area contributed by atoms with Gasteiger partial charge < -0.3 is 11.5 Å². The number of rotatable bonds is 3. The number of benzene rings is 2. The number of thiol groups is 1. The van der Waals surface area contributed by atoms with Gasteiger partial charge in [-0.25, -0.2) is 0 Å². The summed E-state index contributed by atoms with van der Waals surface area (Å²) in [4.78, 5) is 13.8. The fourth-order valence-electron chi connectivity index (χ4n) is 1.46. The molecule has 0 aliphatic carbocycles. The summed E-state index contributed by atoms with van der Waals surface area (Å²) in [5.74, 6) is -0.454. The van der Waals surface area contributed by atoms with Crippen LogP contribution in [0.3, 0.4) is 0 Å². The summed E-state index contributed by atoms with van der Waals surface area (Å²) in [6.45, 7) is 0. The number of hydrogen-bond acceptors (Lipinski definition) is 4. The lowest BCUT2D eigenvalue weighted by Gasteiger charge is -2.05. The molecule has 3 nitrogen and oxygen atoms in total. The summed E-state index contributed by atoms with van der Waals surface area (Å²) >= 11 is 5.79. The van der Waals surface area contributed by atoms with Crippen molar-refractivity contribution in [3.8, 4) is 0 Å². The molecule has 2 aromatic carbocycles. The van der Waals surface area contributed by atoms with Crippen LogP contribution in [0.2, 0.25) is 0 Å². The number of nitrogens with two attached hydrogens (primary N) is 2. The fourth-order valence-corrected chi connectivity index (χ4v) is 2.74. The van der Waals surface area contributed by atoms with Crippen LogP contribution in [-0.4, -0.2) is 5.91 Å². The highest BCUT2D eigenvalue weighted by atomic mass is 32.2. The summed E-state index contributed by atoms with van der Waals surface area (Å²) in [5.41, 5.74) is 12.1. The first kappa shape index (κ1) is 12.9. The second-order valence-corrected chi connectivity index (χ2v) is 5.41. The maximum absolute atomic E-state index is 11.2. The number of anilines is 1. The zero-order valence-corrected chi connectivity index (χ0v) is 11.2. The van der Waals surface area contributed by atoms with Crippen molar-refractivity contribution in [2.24, 2.45) is 5.73 Å².